The minimum absolute atomic E-state index is 0.0632. The molecule has 0 bridgehead atoms. The van der Waals surface area contributed by atoms with Crippen LogP contribution in [0.15, 0.2) is 47.7 Å². The van der Waals surface area contributed by atoms with E-state index >= 15 is 0 Å². The van der Waals surface area contributed by atoms with E-state index in [0.29, 0.717) is 22.8 Å². The van der Waals surface area contributed by atoms with E-state index in [-0.39, 0.29) is 18.0 Å². The highest BCUT2D eigenvalue weighted by Gasteiger charge is 2.25. The third-order valence-corrected chi connectivity index (χ3v) is 4.87. The van der Waals surface area contributed by atoms with Gasteiger partial charge in [0, 0.05) is 31.1 Å². The molecule has 32 heavy (non-hydrogen) atoms. The Kier molecular flexibility index (Phi) is 6.61. The summed E-state index contributed by atoms with van der Waals surface area (Å²) in [6.45, 7) is 4.37. The van der Waals surface area contributed by atoms with Gasteiger partial charge < -0.3 is 10.1 Å². The fourth-order valence-corrected chi connectivity index (χ4v) is 3.18. The van der Waals surface area contributed by atoms with Crippen molar-refractivity contribution in [1.82, 2.24) is 24.4 Å². The smallest absolute Gasteiger partial charge is 0.275 e. The first kappa shape index (κ1) is 23.0. The minimum atomic E-state index is -2.99. The second-order valence-corrected chi connectivity index (χ2v) is 7.61. The summed E-state index contributed by atoms with van der Waals surface area (Å²) in [5, 5.41) is 15.5. The van der Waals surface area contributed by atoms with Crippen LogP contribution in [0.3, 0.4) is 0 Å². The van der Waals surface area contributed by atoms with E-state index in [4.69, 9.17) is 0 Å². The number of halogens is 2. The highest BCUT2D eigenvalue weighted by molar-refractivity contribution is 5.85. The maximum absolute atomic E-state index is 13.5. The summed E-state index contributed by atoms with van der Waals surface area (Å²) in [4.78, 5) is 22.8. The number of hydrogen-bond donors (Lipinski definition) is 1. The Hall–Kier alpha value is -3.69. The maximum atomic E-state index is 13.5. The van der Waals surface area contributed by atoms with Crippen LogP contribution in [0.25, 0.3) is 16.4 Å². The number of hydrogen-bond acceptors (Lipinski definition) is 6. The number of aldehydes is 1. The Morgan fingerprint density at radius 1 is 1.19 bits per heavy atom. The number of rotatable bonds is 5. The quantitative estimate of drug-likeness (QED) is 0.475. The molecule has 4 rings (SSSR count). The zero-order valence-electron chi connectivity index (χ0n) is 18.2. The molecule has 1 aromatic carbocycles. The second-order valence-electron chi connectivity index (χ2n) is 7.61. The molecule has 3 aromatic heterocycles. The molecule has 0 spiro atoms. The lowest BCUT2D eigenvalue weighted by molar-refractivity contribution is -0.108. The Bertz CT molecular complexity index is 1310. The normalized spacial score (nSPS) is 11.5. The SMILES string of the molecule is CC(C)c1nn(CC=O)c(=O)c2ccc(C(C)(F)F)cc12.CNc1ccc2nncn2c1. The van der Waals surface area contributed by atoms with Crippen LogP contribution in [-0.4, -0.2) is 37.7 Å². The standard InChI is InChI=1S/C15H16F2N2O2.C7H8N4/c1-9(2)13-12-8-10(15(3,16)17)4-5-11(12)14(21)19(18-13)6-7-20;1-8-6-2-3-7-10-9-5-11(7)4-6/h4-5,7-9H,6H2,1-3H3;2-5,8H,1H3. The first-order valence-corrected chi connectivity index (χ1v) is 9.99. The van der Waals surface area contributed by atoms with Gasteiger partial charge in [-0.3, -0.25) is 9.20 Å². The molecule has 0 amide bonds. The Morgan fingerprint density at radius 3 is 2.56 bits per heavy atom. The van der Waals surface area contributed by atoms with Crippen molar-refractivity contribution >= 4 is 28.4 Å². The summed E-state index contributed by atoms with van der Waals surface area (Å²) in [7, 11) is 1.88. The van der Waals surface area contributed by atoms with Gasteiger partial charge in [-0.2, -0.15) is 5.10 Å². The number of anilines is 1. The molecule has 4 aromatic rings. The summed E-state index contributed by atoms with van der Waals surface area (Å²) in [5.41, 5.74) is 1.83. The molecule has 3 heterocycles. The van der Waals surface area contributed by atoms with Gasteiger partial charge in [-0.25, -0.2) is 13.5 Å². The van der Waals surface area contributed by atoms with Crippen LogP contribution >= 0.6 is 0 Å². The van der Waals surface area contributed by atoms with Gasteiger partial charge in [-0.05, 0) is 30.2 Å². The van der Waals surface area contributed by atoms with E-state index in [0.717, 1.165) is 22.9 Å². The van der Waals surface area contributed by atoms with Crippen LogP contribution in [0, 0.1) is 0 Å². The zero-order valence-corrected chi connectivity index (χ0v) is 18.2. The predicted octanol–water partition coefficient (Wildman–Crippen LogP) is 3.60. The van der Waals surface area contributed by atoms with Crippen molar-refractivity contribution in [3.05, 3.63) is 64.5 Å². The molecule has 168 valence electrons. The van der Waals surface area contributed by atoms with Crippen LogP contribution < -0.4 is 10.9 Å². The molecule has 0 atom stereocenters. The second kappa shape index (κ2) is 9.21. The summed E-state index contributed by atoms with van der Waals surface area (Å²) < 4.78 is 29.9. The number of aromatic nitrogens is 5. The molecule has 0 unspecified atom stereocenters. The van der Waals surface area contributed by atoms with Gasteiger partial charge >= 0.3 is 0 Å². The predicted molar refractivity (Wildman–Crippen MR) is 118 cm³/mol. The number of alkyl halides is 2. The first-order chi connectivity index (χ1) is 15.2. The summed E-state index contributed by atoms with van der Waals surface area (Å²) in [6, 6.07) is 7.80. The Labute approximate surface area is 182 Å². The Balaban J connectivity index is 0.000000219. The Morgan fingerprint density at radius 2 is 1.94 bits per heavy atom. The third-order valence-electron chi connectivity index (χ3n) is 4.87. The van der Waals surface area contributed by atoms with Gasteiger partial charge in [0.2, 0.25) is 0 Å². The maximum Gasteiger partial charge on any atom is 0.275 e. The molecule has 0 fully saturated rings. The molecule has 0 saturated heterocycles. The van der Waals surface area contributed by atoms with Crippen molar-refractivity contribution in [1.29, 1.82) is 0 Å². The lowest BCUT2D eigenvalue weighted by atomic mass is 9.99. The van der Waals surface area contributed by atoms with Crippen molar-refractivity contribution in [3.63, 3.8) is 0 Å². The lowest BCUT2D eigenvalue weighted by Crippen LogP contribution is -2.26. The van der Waals surface area contributed by atoms with Crippen LogP contribution in [-0.2, 0) is 17.3 Å². The first-order valence-electron chi connectivity index (χ1n) is 9.99. The monoisotopic (exact) mass is 442 g/mol. The average molecular weight is 442 g/mol. The molecular formula is C22H24F2N6O2. The van der Waals surface area contributed by atoms with Crippen molar-refractivity contribution in [2.24, 2.45) is 0 Å². The molecular weight excluding hydrogens is 418 g/mol. The van der Waals surface area contributed by atoms with E-state index in [1.54, 1.807) is 6.33 Å². The average Bonchev–Trinajstić information content (AvgIpc) is 3.23. The van der Waals surface area contributed by atoms with E-state index in [1.165, 1.54) is 18.2 Å². The van der Waals surface area contributed by atoms with Crippen molar-refractivity contribution in [2.75, 3.05) is 12.4 Å². The van der Waals surface area contributed by atoms with E-state index in [1.807, 2.05) is 43.6 Å². The van der Waals surface area contributed by atoms with E-state index in [9.17, 15) is 18.4 Å². The van der Waals surface area contributed by atoms with E-state index in [2.05, 4.69) is 20.6 Å². The van der Waals surface area contributed by atoms with Gasteiger partial charge in [0.1, 0.15) is 19.2 Å². The van der Waals surface area contributed by atoms with Gasteiger partial charge in [0.05, 0.1) is 16.8 Å². The molecule has 0 saturated carbocycles. The third kappa shape index (κ3) is 4.79. The number of nitrogens with one attached hydrogen (secondary N) is 1. The molecule has 0 aliphatic rings. The van der Waals surface area contributed by atoms with Gasteiger partial charge in [0.15, 0.2) is 5.65 Å². The number of fused-ring (bicyclic) bond motifs is 2. The largest absolute Gasteiger partial charge is 0.387 e. The van der Waals surface area contributed by atoms with Crippen LogP contribution in [0.1, 0.15) is 37.9 Å². The topological polar surface area (TPSA) is 94.2 Å². The summed E-state index contributed by atoms with van der Waals surface area (Å²) in [5.74, 6) is -3.05. The molecule has 8 nitrogen and oxygen atoms in total. The number of carbonyl (C=O) groups is 1. The lowest BCUT2D eigenvalue weighted by Gasteiger charge is -2.15. The number of carbonyl (C=O) groups excluding carboxylic acids is 1. The minimum Gasteiger partial charge on any atom is -0.387 e. The number of pyridine rings is 1. The van der Waals surface area contributed by atoms with Crippen LogP contribution in [0.5, 0.6) is 0 Å². The molecule has 1 N–H and O–H groups in total. The van der Waals surface area contributed by atoms with Gasteiger partial charge in [-0.15, -0.1) is 10.2 Å². The zero-order chi connectivity index (χ0) is 23.5. The molecule has 10 heteroatoms. The van der Waals surface area contributed by atoms with Crippen molar-refractivity contribution in [3.8, 4) is 0 Å². The summed E-state index contributed by atoms with van der Waals surface area (Å²) in [6.07, 6.45) is 4.20. The molecule has 0 radical (unpaired) electrons. The van der Waals surface area contributed by atoms with E-state index < -0.39 is 11.5 Å². The highest BCUT2D eigenvalue weighted by Crippen LogP contribution is 2.30. The summed E-state index contributed by atoms with van der Waals surface area (Å²) >= 11 is 0. The molecule has 0 aliphatic carbocycles. The van der Waals surface area contributed by atoms with Gasteiger partial charge in [0.25, 0.3) is 11.5 Å². The van der Waals surface area contributed by atoms with Crippen LogP contribution in [0.2, 0.25) is 0 Å². The van der Waals surface area contributed by atoms with Crippen molar-refractivity contribution in [2.45, 2.75) is 39.2 Å². The highest BCUT2D eigenvalue weighted by atomic mass is 19.3. The fourth-order valence-electron chi connectivity index (χ4n) is 3.18. The fraction of sp³-hybridized carbons (Fsp3) is 0.318. The number of nitrogens with zero attached hydrogens (tertiary/aromatic N) is 5. The van der Waals surface area contributed by atoms with Gasteiger partial charge in [-0.1, -0.05) is 19.9 Å². The van der Waals surface area contributed by atoms with Crippen molar-refractivity contribution < 1.29 is 13.6 Å². The number of benzene rings is 1. The molecule has 0 aliphatic heterocycles. The van der Waals surface area contributed by atoms with Crippen LogP contribution in [0.4, 0.5) is 14.5 Å².